The van der Waals surface area contributed by atoms with Crippen LogP contribution in [0, 0.1) is 0 Å². The Morgan fingerprint density at radius 3 is 2.20 bits per heavy atom. The first kappa shape index (κ1) is 19.3. The molecular weight excluding hydrogens is 270 g/mol. The van der Waals surface area contributed by atoms with Gasteiger partial charge in [-0.3, -0.25) is 0 Å². The zero-order valence-electron chi connectivity index (χ0n) is 12.9. The second kappa shape index (κ2) is 12.0. The lowest BCUT2D eigenvalue weighted by molar-refractivity contribution is 0.304. The van der Waals surface area contributed by atoms with Crippen LogP contribution in [0.3, 0.4) is 0 Å². The van der Waals surface area contributed by atoms with Crippen molar-refractivity contribution in [1.29, 1.82) is 0 Å². The maximum Gasteiger partial charge on any atom is 0.119 e. The van der Waals surface area contributed by atoms with Crippen molar-refractivity contribution in [3.8, 4) is 5.75 Å². The lowest BCUT2D eigenvalue weighted by atomic mass is 10.0. The Bertz CT molecular complexity index is 326. The van der Waals surface area contributed by atoms with Crippen molar-refractivity contribution in [3.63, 3.8) is 0 Å². The van der Waals surface area contributed by atoms with Crippen molar-refractivity contribution in [2.75, 3.05) is 13.2 Å². The fourth-order valence-corrected chi connectivity index (χ4v) is 2.10. The molecule has 0 heterocycles. The van der Waals surface area contributed by atoms with Gasteiger partial charge in [-0.15, -0.1) is 12.4 Å². The summed E-state index contributed by atoms with van der Waals surface area (Å²) in [4.78, 5) is 0. The molecule has 0 bridgehead atoms. The van der Waals surface area contributed by atoms with Gasteiger partial charge in [0.25, 0.3) is 0 Å². The lowest BCUT2D eigenvalue weighted by Gasteiger charge is -2.10. The van der Waals surface area contributed by atoms with E-state index in [0.29, 0.717) is 12.5 Å². The Balaban J connectivity index is 0.00000361. The molecule has 0 aromatic heterocycles. The van der Waals surface area contributed by atoms with Crippen LogP contribution in [0.2, 0.25) is 0 Å². The van der Waals surface area contributed by atoms with Gasteiger partial charge in [0, 0.05) is 0 Å². The van der Waals surface area contributed by atoms with E-state index in [4.69, 9.17) is 10.5 Å². The van der Waals surface area contributed by atoms with Gasteiger partial charge in [0.1, 0.15) is 5.75 Å². The summed E-state index contributed by atoms with van der Waals surface area (Å²) in [6.07, 6.45) is 7.81. The van der Waals surface area contributed by atoms with Gasteiger partial charge in [0.15, 0.2) is 0 Å². The Hall–Kier alpha value is -0.730. The molecule has 1 rings (SSSR count). The molecule has 2 N–H and O–H groups in total. The summed E-state index contributed by atoms with van der Waals surface area (Å²) >= 11 is 0. The number of hydrogen-bond acceptors (Lipinski definition) is 2. The van der Waals surface area contributed by atoms with E-state index in [1.807, 2.05) is 0 Å². The molecule has 0 aliphatic heterocycles. The van der Waals surface area contributed by atoms with Crippen molar-refractivity contribution in [3.05, 3.63) is 29.8 Å². The van der Waals surface area contributed by atoms with Crippen LogP contribution in [0.15, 0.2) is 24.3 Å². The highest BCUT2D eigenvalue weighted by Crippen LogP contribution is 2.18. The fraction of sp³-hybridized carbons (Fsp3) is 0.647. The van der Waals surface area contributed by atoms with Gasteiger partial charge in [0.2, 0.25) is 0 Å². The van der Waals surface area contributed by atoms with Crippen LogP contribution < -0.4 is 10.5 Å². The first-order valence-electron chi connectivity index (χ1n) is 7.70. The van der Waals surface area contributed by atoms with E-state index in [0.717, 1.165) is 18.8 Å². The average Bonchev–Trinajstić information content (AvgIpc) is 2.46. The molecule has 0 saturated heterocycles. The first-order chi connectivity index (χ1) is 9.27. The molecular formula is C17H30ClNO. The first-order valence-corrected chi connectivity index (χ1v) is 7.70. The van der Waals surface area contributed by atoms with Gasteiger partial charge in [-0.25, -0.2) is 0 Å². The van der Waals surface area contributed by atoms with Crippen LogP contribution in [-0.4, -0.2) is 13.2 Å². The standard InChI is InChI=1S/C17H29NO.ClH/c1-3-4-5-6-7-8-13-19-17-11-9-16(10-12-17)15(2)14-18;/h9-12,15H,3-8,13-14,18H2,1-2H3;1H. The fourth-order valence-electron chi connectivity index (χ4n) is 2.10. The van der Waals surface area contributed by atoms with Crippen LogP contribution in [-0.2, 0) is 0 Å². The number of hydrogen-bond donors (Lipinski definition) is 1. The Kier molecular flexibility index (Phi) is 11.6. The predicted molar refractivity (Wildman–Crippen MR) is 90.0 cm³/mol. The minimum Gasteiger partial charge on any atom is -0.494 e. The maximum atomic E-state index is 5.75. The summed E-state index contributed by atoms with van der Waals surface area (Å²) in [5.74, 6) is 1.40. The number of benzene rings is 1. The molecule has 1 atom stereocenters. The topological polar surface area (TPSA) is 35.2 Å². The zero-order chi connectivity index (χ0) is 13.9. The van der Waals surface area contributed by atoms with Gasteiger partial charge in [-0.1, -0.05) is 58.1 Å². The van der Waals surface area contributed by atoms with Crippen molar-refractivity contribution >= 4 is 12.4 Å². The van der Waals surface area contributed by atoms with E-state index < -0.39 is 0 Å². The summed E-state index contributed by atoms with van der Waals surface area (Å²) in [6, 6.07) is 8.35. The highest BCUT2D eigenvalue weighted by atomic mass is 35.5. The van der Waals surface area contributed by atoms with Crippen molar-refractivity contribution < 1.29 is 4.74 Å². The molecule has 1 unspecified atom stereocenters. The van der Waals surface area contributed by atoms with E-state index in [1.165, 1.54) is 37.7 Å². The predicted octanol–water partition coefficient (Wildman–Crippen LogP) is 4.91. The summed E-state index contributed by atoms with van der Waals surface area (Å²) in [5.41, 5.74) is 6.95. The Morgan fingerprint density at radius 2 is 1.60 bits per heavy atom. The van der Waals surface area contributed by atoms with E-state index in [1.54, 1.807) is 0 Å². The Morgan fingerprint density at radius 1 is 1.00 bits per heavy atom. The van der Waals surface area contributed by atoms with Gasteiger partial charge >= 0.3 is 0 Å². The SMILES string of the molecule is CCCCCCCCOc1ccc(C(C)CN)cc1.Cl. The van der Waals surface area contributed by atoms with E-state index in [9.17, 15) is 0 Å². The van der Waals surface area contributed by atoms with Gasteiger partial charge in [0.05, 0.1) is 6.61 Å². The van der Waals surface area contributed by atoms with Gasteiger partial charge in [-0.05, 0) is 36.6 Å². The molecule has 0 aliphatic rings. The van der Waals surface area contributed by atoms with Crippen molar-refractivity contribution in [1.82, 2.24) is 0 Å². The Labute approximate surface area is 130 Å². The smallest absolute Gasteiger partial charge is 0.119 e. The molecule has 20 heavy (non-hydrogen) atoms. The van der Waals surface area contributed by atoms with E-state index in [-0.39, 0.29) is 12.4 Å². The second-order valence-corrected chi connectivity index (χ2v) is 5.32. The van der Waals surface area contributed by atoms with Crippen LogP contribution in [0.1, 0.15) is 63.9 Å². The molecule has 2 nitrogen and oxygen atoms in total. The number of halogens is 1. The minimum absolute atomic E-state index is 0. The van der Waals surface area contributed by atoms with Crippen LogP contribution in [0.5, 0.6) is 5.75 Å². The monoisotopic (exact) mass is 299 g/mol. The summed E-state index contributed by atoms with van der Waals surface area (Å²) < 4.78 is 5.75. The molecule has 0 aliphatic carbocycles. The third-order valence-electron chi connectivity index (χ3n) is 3.57. The zero-order valence-corrected chi connectivity index (χ0v) is 13.8. The largest absolute Gasteiger partial charge is 0.494 e. The van der Waals surface area contributed by atoms with Crippen LogP contribution >= 0.6 is 12.4 Å². The van der Waals surface area contributed by atoms with E-state index in [2.05, 4.69) is 38.1 Å². The minimum atomic E-state index is 0. The maximum absolute atomic E-state index is 5.75. The quantitative estimate of drug-likeness (QED) is 0.623. The molecule has 1 aromatic carbocycles. The molecule has 116 valence electrons. The summed E-state index contributed by atoms with van der Waals surface area (Å²) in [7, 11) is 0. The van der Waals surface area contributed by atoms with Gasteiger partial charge < -0.3 is 10.5 Å². The third-order valence-corrected chi connectivity index (χ3v) is 3.57. The molecule has 3 heteroatoms. The highest BCUT2D eigenvalue weighted by Gasteiger charge is 2.02. The second-order valence-electron chi connectivity index (χ2n) is 5.32. The molecule has 0 radical (unpaired) electrons. The van der Waals surface area contributed by atoms with Crippen molar-refractivity contribution in [2.45, 2.75) is 58.3 Å². The van der Waals surface area contributed by atoms with E-state index >= 15 is 0 Å². The van der Waals surface area contributed by atoms with Gasteiger partial charge in [-0.2, -0.15) is 0 Å². The summed E-state index contributed by atoms with van der Waals surface area (Å²) in [5, 5.41) is 0. The molecule has 1 aromatic rings. The normalized spacial score (nSPS) is 11.8. The summed E-state index contributed by atoms with van der Waals surface area (Å²) in [6.45, 7) is 5.92. The molecule has 0 spiro atoms. The van der Waals surface area contributed by atoms with Crippen LogP contribution in [0.25, 0.3) is 0 Å². The molecule has 0 fully saturated rings. The van der Waals surface area contributed by atoms with Crippen molar-refractivity contribution in [2.24, 2.45) is 5.73 Å². The third kappa shape index (κ3) is 7.76. The number of rotatable bonds is 10. The number of nitrogens with two attached hydrogens (primary N) is 1. The number of unbranched alkanes of at least 4 members (excludes halogenated alkanes) is 5. The molecule has 0 amide bonds. The van der Waals surface area contributed by atoms with Crippen LogP contribution in [0.4, 0.5) is 0 Å². The number of ether oxygens (including phenoxy) is 1. The average molecular weight is 300 g/mol. The highest BCUT2D eigenvalue weighted by molar-refractivity contribution is 5.85. The molecule has 0 saturated carbocycles. The lowest BCUT2D eigenvalue weighted by Crippen LogP contribution is -2.08.